The Labute approximate surface area is 121 Å². The molecule has 2 rings (SSSR count). The van der Waals surface area contributed by atoms with Crippen LogP contribution in [0.25, 0.3) is 0 Å². The Bertz CT molecular complexity index is 442. The topological polar surface area (TPSA) is 41.6 Å². The highest BCUT2D eigenvalue weighted by Gasteiger charge is 2.21. The molecule has 1 heterocycles. The van der Waals surface area contributed by atoms with E-state index in [2.05, 4.69) is 12.2 Å². The summed E-state index contributed by atoms with van der Waals surface area (Å²) in [4.78, 5) is 13.4. The first kappa shape index (κ1) is 14.9. The van der Waals surface area contributed by atoms with E-state index in [1.165, 1.54) is 0 Å². The average molecular weight is 276 g/mol. The zero-order valence-electron chi connectivity index (χ0n) is 12.6. The molecule has 1 aromatic rings. The van der Waals surface area contributed by atoms with E-state index < -0.39 is 0 Å². The van der Waals surface area contributed by atoms with Crippen LogP contribution in [0.1, 0.15) is 36.5 Å². The Morgan fingerprint density at radius 1 is 1.35 bits per heavy atom. The van der Waals surface area contributed by atoms with Gasteiger partial charge in [-0.25, -0.2) is 0 Å². The van der Waals surface area contributed by atoms with Gasteiger partial charge in [-0.1, -0.05) is 6.92 Å². The second-order valence-electron chi connectivity index (χ2n) is 5.54. The van der Waals surface area contributed by atoms with E-state index in [0.717, 1.165) is 37.1 Å². The summed E-state index contributed by atoms with van der Waals surface area (Å²) in [7, 11) is 3.53. The molecule has 0 spiro atoms. The second-order valence-corrected chi connectivity index (χ2v) is 5.54. The van der Waals surface area contributed by atoms with Crippen LogP contribution >= 0.6 is 0 Å². The van der Waals surface area contributed by atoms with Crippen LogP contribution in [0.5, 0.6) is 0 Å². The first-order valence-corrected chi connectivity index (χ1v) is 7.30. The summed E-state index contributed by atoms with van der Waals surface area (Å²) in [5.74, 6) is 0.0358. The van der Waals surface area contributed by atoms with E-state index >= 15 is 0 Å². The van der Waals surface area contributed by atoms with Crippen molar-refractivity contribution in [3.8, 4) is 0 Å². The summed E-state index contributed by atoms with van der Waals surface area (Å²) in [5.41, 5.74) is 1.79. The number of rotatable bonds is 4. The van der Waals surface area contributed by atoms with Gasteiger partial charge in [0.05, 0.1) is 6.10 Å². The molecule has 0 bridgehead atoms. The van der Waals surface area contributed by atoms with Crippen LogP contribution < -0.4 is 5.32 Å². The zero-order valence-corrected chi connectivity index (χ0v) is 12.6. The minimum absolute atomic E-state index is 0.0358. The van der Waals surface area contributed by atoms with Crippen LogP contribution in [0.3, 0.4) is 0 Å². The molecule has 0 aliphatic carbocycles. The summed E-state index contributed by atoms with van der Waals surface area (Å²) in [6.07, 6.45) is 3.52. The lowest BCUT2D eigenvalue weighted by atomic mass is 10.0. The molecule has 4 nitrogen and oxygen atoms in total. The van der Waals surface area contributed by atoms with Crippen LogP contribution in [-0.2, 0) is 4.74 Å². The number of carbonyl (C=O) groups excluding carboxylic acids is 1. The number of anilines is 1. The van der Waals surface area contributed by atoms with E-state index in [1.807, 2.05) is 24.3 Å². The quantitative estimate of drug-likeness (QED) is 0.919. The van der Waals surface area contributed by atoms with Crippen molar-refractivity contribution in [2.45, 2.75) is 38.3 Å². The molecule has 4 heteroatoms. The number of nitrogens with one attached hydrogen (secondary N) is 1. The number of hydrogen-bond acceptors (Lipinski definition) is 3. The summed E-state index contributed by atoms with van der Waals surface area (Å²) >= 11 is 0. The van der Waals surface area contributed by atoms with E-state index in [0.29, 0.717) is 12.1 Å². The molecule has 1 amide bonds. The van der Waals surface area contributed by atoms with E-state index in [9.17, 15) is 4.79 Å². The van der Waals surface area contributed by atoms with Crippen LogP contribution in [0.15, 0.2) is 24.3 Å². The van der Waals surface area contributed by atoms with Crippen LogP contribution in [0, 0.1) is 0 Å². The molecule has 110 valence electrons. The summed E-state index contributed by atoms with van der Waals surface area (Å²) < 4.78 is 5.68. The minimum Gasteiger partial charge on any atom is -0.382 e. The van der Waals surface area contributed by atoms with Gasteiger partial charge in [-0.05, 0) is 43.5 Å². The molecule has 0 saturated carbocycles. The van der Waals surface area contributed by atoms with Crippen molar-refractivity contribution >= 4 is 11.6 Å². The monoisotopic (exact) mass is 276 g/mol. The number of ether oxygens (including phenoxy) is 1. The SMILES string of the molecule is CCC1CC(Nc2ccc(C(=O)N(C)C)cc2)CCO1. The molecular formula is C16H24N2O2. The van der Waals surface area contributed by atoms with Crippen molar-refractivity contribution in [1.29, 1.82) is 0 Å². The first-order chi connectivity index (χ1) is 9.60. The molecule has 20 heavy (non-hydrogen) atoms. The molecule has 1 aromatic carbocycles. The van der Waals surface area contributed by atoms with E-state index in [1.54, 1.807) is 19.0 Å². The standard InChI is InChI=1S/C16H24N2O2/c1-4-15-11-14(9-10-20-15)17-13-7-5-12(6-8-13)16(19)18(2)3/h5-8,14-15,17H,4,9-11H2,1-3H3. The molecule has 1 N–H and O–H groups in total. The van der Waals surface area contributed by atoms with Gasteiger partial charge in [-0.3, -0.25) is 4.79 Å². The summed E-state index contributed by atoms with van der Waals surface area (Å²) in [6.45, 7) is 2.99. The van der Waals surface area contributed by atoms with Gasteiger partial charge in [0.15, 0.2) is 0 Å². The first-order valence-electron chi connectivity index (χ1n) is 7.30. The predicted molar refractivity (Wildman–Crippen MR) is 81.1 cm³/mol. The van der Waals surface area contributed by atoms with Gasteiger partial charge in [0.25, 0.3) is 5.91 Å². The number of carbonyl (C=O) groups is 1. The van der Waals surface area contributed by atoms with Gasteiger partial charge >= 0.3 is 0 Å². The molecule has 0 radical (unpaired) electrons. The van der Waals surface area contributed by atoms with Gasteiger partial charge in [-0.2, -0.15) is 0 Å². The van der Waals surface area contributed by atoms with Gasteiger partial charge in [0.2, 0.25) is 0 Å². The normalized spacial score (nSPS) is 22.4. The van der Waals surface area contributed by atoms with Crippen molar-refractivity contribution in [2.24, 2.45) is 0 Å². The fourth-order valence-electron chi connectivity index (χ4n) is 2.50. The van der Waals surface area contributed by atoms with Gasteiger partial charge < -0.3 is 15.0 Å². The second kappa shape index (κ2) is 6.75. The van der Waals surface area contributed by atoms with Gasteiger partial charge in [0.1, 0.15) is 0 Å². The molecule has 1 aliphatic heterocycles. The maximum atomic E-state index is 11.8. The average Bonchev–Trinajstić information content (AvgIpc) is 2.47. The number of benzene rings is 1. The third-order valence-electron chi connectivity index (χ3n) is 3.73. The highest BCUT2D eigenvalue weighted by Crippen LogP contribution is 2.21. The highest BCUT2D eigenvalue weighted by atomic mass is 16.5. The molecule has 1 saturated heterocycles. The fraction of sp³-hybridized carbons (Fsp3) is 0.562. The molecule has 2 unspecified atom stereocenters. The van der Waals surface area contributed by atoms with Gasteiger partial charge in [0, 0.05) is 38.0 Å². The van der Waals surface area contributed by atoms with Crippen molar-refractivity contribution < 1.29 is 9.53 Å². The fourth-order valence-corrected chi connectivity index (χ4v) is 2.50. The largest absolute Gasteiger partial charge is 0.382 e. The molecule has 0 aromatic heterocycles. The van der Waals surface area contributed by atoms with Gasteiger partial charge in [-0.15, -0.1) is 0 Å². The molecule has 1 fully saturated rings. The van der Waals surface area contributed by atoms with Crippen molar-refractivity contribution in [3.63, 3.8) is 0 Å². The Kier molecular flexibility index (Phi) is 5.01. The molecule has 1 aliphatic rings. The number of hydrogen-bond donors (Lipinski definition) is 1. The predicted octanol–water partition coefficient (Wildman–Crippen LogP) is 2.76. The summed E-state index contributed by atoms with van der Waals surface area (Å²) in [5, 5.41) is 3.54. The number of nitrogens with zero attached hydrogens (tertiary/aromatic N) is 1. The Morgan fingerprint density at radius 3 is 2.65 bits per heavy atom. The molecular weight excluding hydrogens is 252 g/mol. The lowest BCUT2D eigenvalue weighted by Gasteiger charge is -2.30. The third-order valence-corrected chi connectivity index (χ3v) is 3.73. The third kappa shape index (κ3) is 3.73. The van der Waals surface area contributed by atoms with Crippen LogP contribution in [0.2, 0.25) is 0 Å². The Hall–Kier alpha value is -1.55. The number of amides is 1. The van der Waals surface area contributed by atoms with E-state index in [4.69, 9.17) is 4.74 Å². The van der Waals surface area contributed by atoms with Crippen LogP contribution in [0.4, 0.5) is 5.69 Å². The zero-order chi connectivity index (χ0) is 14.5. The molecule has 2 atom stereocenters. The van der Waals surface area contributed by atoms with Crippen molar-refractivity contribution in [1.82, 2.24) is 4.90 Å². The Morgan fingerprint density at radius 2 is 2.05 bits per heavy atom. The lowest BCUT2D eigenvalue weighted by Crippen LogP contribution is -2.33. The minimum atomic E-state index is 0.0358. The highest BCUT2D eigenvalue weighted by molar-refractivity contribution is 5.94. The Balaban J connectivity index is 1.95. The van der Waals surface area contributed by atoms with Crippen LogP contribution in [-0.4, -0.2) is 43.7 Å². The van der Waals surface area contributed by atoms with E-state index in [-0.39, 0.29) is 5.91 Å². The summed E-state index contributed by atoms with van der Waals surface area (Å²) in [6, 6.07) is 8.17. The lowest BCUT2D eigenvalue weighted by molar-refractivity contribution is 0.00925. The van der Waals surface area contributed by atoms with Crippen molar-refractivity contribution in [3.05, 3.63) is 29.8 Å². The maximum Gasteiger partial charge on any atom is 0.253 e. The maximum absolute atomic E-state index is 11.8. The van der Waals surface area contributed by atoms with Crippen molar-refractivity contribution in [2.75, 3.05) is 26.0 Å². The smallest absolute Gasteiger partial charge is 0.253 e.